The Balaban J connectivity index is 2.05. The summed E-state index contributed by atoms with van der Waals surface area (Å²) in [6.45, 7) is 3.76. The first kappa shape index (κ1) is 13.6. The molecule has 1 saturated carbocycles. The normalized spacial score (nSPS) is 18.3. The number of carbonyl (C=O) groups is 1. The number of anilines is 1. The van der Waals surface area contributed by atoms with Crippen molar-refractivity contribution in [2.24, 2.45) is 10.6 Å². The highest BCUT2D eigenvalue weighted by molar-refractivity contribution is 5.99. The van der Waals surface area contributed by atoms with Gasteiger partial charge in [0.25, 0.3) is 0 Å². The SMILES string of the molecule is CC(=NO)c1ccc(NC(=O)C2(C)CCCC2)cc1. The minimum absolute atomic E-state index is 0.102. The second-order valence-electron chi connectivity index (χ2n) is 5.48. The van der Waals surface area contributed by atoms with Crippen molar-refractivity contribution in [1.29, 1.82) is 0 Å². The monoisotopic (exact) mass is 260 g/mol. The Hall–Kier alpha value is -1.84. The minimum Gasteiger partial charge on any atom is -0.411 e. The molecular formula is C15H20N2O2. The summed E-state index contributed by atoms with van der Waals surface area (Å²) in [5, 5.41) is 14.8. The molecule has 0 heterocycles. The van der Waals surface area contributed by atoms with Gasteiger partial charge in [0.1, 0.15) is 0 Å². The predicted molar refractivity (Wildman–Crippen MR) is 75.6 cm³/mol. The van der Waals surface area contributed by atoms with Crippen LogP contribution in [0.4, 0.5) is 5.69 Å². The number of oxime groups is 1. The Morgan fingerprint density at radius 2 is 1.84 bits per heavy atom. The third-order valence-electron chi connectivity index (χ3n) is 3.97. The lowest BCUT2D eigenvalue weighted by atomic mass is 9.88. The molecule has 0 unspecified atom stereocenters. The van der Waals surface area contributed by atoms with Gasteiger partial charge in [0.05, 0.1) is 5.71 Å². The summed E-state index contributed by atoms with van der Waals surface area (Å²) in [5.74, 6) is 0.102. The van der Waals surface area contributed by atoms with Crippen LogP contribution in [0.15, 0.2) is 29.4 Å². The highest BCUT2D eigenvalue weighted by Crippen LogP contribution is 2.38. The van der Waals surface area contributed by atoms with E-state index in [1.807, 2.05) is 31.2 Å². The van der Waals surface area contributed by atoms with Gasteiger partial charge in [-0.3, -0.25) is 4.79 Å². The number of nitrogens with zero attached hydrogens (tertiary/aromatic N) is 1. The van der Waals surface area contributed by atoms with Crippen LogP contribution in [0.3, 0.4) is 0 Å². The molecule has 0 radical (unpaired) electrons. The van der Waals surface area contributed by atoms with Gasteiger partial charge in [-0.25, -0.2) is 0 Å². The van der Waals surface area contributed by atoms with Crippen molar-refractivity contribution in [3.63, 3.8) is 0 Å². The molecule has 0 atom stereocenters. The third kappa shape index (κ3) is 2.95. The predicted octanol–water partition coefficient (Wildman–Crippen LogP) is 3.40. The first-order valence-electron chi connectivity index (χ1n) is 6.66. The molecule has 2 rings (SSSR count). The van der Waals surface area contributed by atoms with Crippen molar-refractivity contribution >= 4 is 17.3 Å². The van der Waals surface area contributed by atoms with Gasteiger partial charge in [-0.15, -0.1) is 0 Å². The fourth-order valence-electron chi connectivity index (χ4n) is 2.52. The molecule has 1 aromatic carbocycles. The first-order chi connectivity index (χ1) is 9.05. The van der Waals surface area contributed by atoms with E-state index in [1.54, 1.807) is 6.92 Å². The quantitative estimate of drug-likeness (QED) is 0.497. The molecule has 0 aliphatic heterocycles. The lowest BCUT2D eigenvalue weighted by Gasteiger charge is -2.22. The van der Waals surface area contributed by atoms with Crippen molar-refractivity contribution in [2.75, 3.05) is 5.32 Å². The van der Waals surface area contributed by atoms with E-state index in [4.69, 9.17) is 5.21 Å². The van der Waals surface area contributed by atoms with E-state index in [0.717, 1.165) is 36.9 Å². The van der Waals surface area contributed by atoms with Gasteiger partial charge in [0.2, 0.25) is 5.91 Å². The highest BCUT2D eigenvalue weighted by Gasteiger charge is 2.36. The zero-order valence-electron chi connectivity index (χ0n) is 11.4. The molecule has 0 saturated heterocycles. The van der Waals surface area contributed by atoms with Gasteiger partial charge in [0.15, 0.2) is 0 Å². The molecule has 2 N–H and O–H groups in total. The molecule has 1 aromatic rings. The fraction of sp³-hybridized carbons (Fsp3) is 0.467. The number of carbonyl (C=O) groups excluding carboxylic acids is 1. The Morgan fingerprint density at radius 3 is 2.37 bits per heavy atom. The van der Waals surface area contributed by atoms with Gasteiger partial charge in [-0.2, -0.15) is 0 Å². The maximum atomic E-state index is 12.2. The van der Waals surface area contributed by atoms with Crippen LogP contribution in [0.2, 0.25) is 0 Å². The van der Waals surface area contributed by atoms with E-state index >= 15 is 0 Å². The Labute approximate surface area is 113 Å². The number of rotatable bonds is 3. The molecule has 0 aromatic heterocycles. The Morgan fingerprint density at radius 1 is 1.26 bits per heavy atom. The lowest BCUT2D eigenvalue weighted by molar-refractivity contribution is -0.124. The molecule has 1 aliphatic carbocycles. The summed E-state index contributed by atoms with van der Waals surface area (Å²) in [6.07, 6.45) is 4.20. The summed E-state index contributed by atoms with van der Waals surface area (Å²) in [6, 6.07) is 7.34. The van der Waals surface area contributed by atoms with E-state index in [0.29, 0.717) is 5.71 Å². The summed E-state index contributed by atoms with van der Waals surface area (Å²) < 4.78 is 0. The van der Waals surface area contributed by atoms with Crippen molar-refractivity contribution in [1.82, 2.24) is 0 Å². The maximum Gasteiger partial charge on any atom is 0.230 e. The molecule has 19 heavy (non-hydrogen) atoms. The smallest absolute Gasteiger partial charge is 0.230 e. The molecule has 4 heteroatoms. The van der Waals surface area contributed by atoms with Crippen LogP contribution in [0.25, 0.3) is 0 Å². The lowest BCUT2D eigenvalue weighted by Crippen LogP contribution is -2.30. The zero-order chi connectivity index (χ0) is 13.9. The second-order valence-corrected chi connectivity index (χ2v) is 5.48. The Bertz CT molecular complexity index is 485. The van der Waals surface area contributed by atoms with Crippen LogP contribution in [0, 0.1) is 5.41 Å². The standard InChI is InChI=1S/C15H20N2O2/c1-11(17-19)12-5-7-13(8-6-12)16-14(18)15(2)9-3-4-10-15/h5-8,19H,3-4,9-10H2,1-2H3,(H,16,18). The van der Waals surface area contributed by atoms with Crippen LogP contribution in [0.1, 0.15) is 45.1 Å². The zero-order valence-corrected chi connectivity index (χ0v) is 11.4. The van der Waals surface area contributed by atoms with Crippen LogP contribution < -0.4 is 5.32 Å². The molecule has 4 nitrogen and oxygen atoms in total. The van der Waals surface area contributed by atoms with Gasteiger partial charge < -0.3 is 10.5 Å². The number of nitrogens with one attached hydrogen (secondary N) is 1. The highest BCUT2D eigenvalue weighted by atomic mass is 16.4. The summed E-state index contributed by atoms with van der Waals surface area (Å²) in [5.41, 5.74) is 1.96. The number of amides is 1. The van der Waals surface area contributed by atoms with Crippen molar-refractivity contribution in [3.05, 3.63) is 29.8 Å². The van der Waals surface area contributed by atoms with E-state index in [-0.39, 0.29) is 11.3 Å². The fourth-order valence-corrected chi connectivity index (χ4v) is 2.52. The van der Waals surface area contributed by atoms with Gasteiger partial charge in [0, 0.05) is 11.1 Å². The van der Waals surface area contributed by atoms with Crippen LogP contribution >= 0.6 is 0 Å². The van der Waals surface area contributed by atoms with Crippen LogP contribution in [-0.4, -0.2) is 16.8 Å². The van der Waals surface area contributed by atoms with Crippen molar-refractivity contribution < 1.29 is 10.0 Å². The van der Waals surface area contributed by atoms with Crippen molar-refractivity contribution in [2.45, 2.75) is 39.5 Å². The topological polar surface area (TPSA) is 61.7 Å². The van der Waals surface area contributed by atoms with Gasteiger partial charge >= 0.3 is 0 Å². The maximum absolute atomic E-state index is 12.2. The van der Waals surface area contributed by atoms with Crippen LogP contribution in [0.5, 0.6) is 0 Å². The summed E-state index contributed by atoms with van der Waals surface area (Å²) >= 11 is 0. The molecule has 0 bridgehead atoms. The number of benzene rings is 1. The van der Waals surface area contributed by atoms with Gasteiger partial charge in [-0.05, 0) is 37.5 Å². The number of hydrogen-bond acceptors (Lipinski definition) is 3. The Kier molecular flexibility index (Phi) is 3.88. The molecule has 1 amide bonds. The number of hydrogen-bond donors (Lipinski definition) is 2. The molecule has 1 fully saturated rings. The first-order valence-corrected chi connectivity index (χ1v) is 6.66. The third-order valence-corrected chi connectivity index (χ3v) is 3.97. The molecule has 102 valence electrons. The average molecular weight is 260 g/mol. The van der Waals surface area contributed by atoms with E-state index in [1.165, 1.54) is 0 Å². The minimum atomic E-state index is -0.221. The van der Waals surface area contributed by atoms with E-state index in [2.05, 4.69) is 10.5 Å². The van der Waals surface area contributed by atoms with E-state index in [9.17, 15) is 4.79 Å². The largest absolute Gasteiger partial charge is 0.411 e. The average Bonchev–Trinajstić information content (AvgIpc) is 2.87. The summed E-state index contributed by atoms with van der Waals surface area (Å²) in [4.78, 5) is 12.2. The molecule has 1 aliphatic rings. The van der Waals surface area contributed by atoms with Crippen molar-refractivity contribution in [3.8, 4) is 0 Å². The van der Waals surface area contributed by atoms with Crippen LogP contribution in [-0.2, 0) is 4.79 Å². The second kappa shape index (κ2) is 5.43. The van der Waals surface area contributed by atoms with E-state index < -0.39 is 0 Å². The molecule has 0 spiro atoms. The summed E-state index contributed by atoms with van der Waals surface area (Å²) in [7, 11) is 0. The van der Waals surface area contributed by atoms with Gasteiger partial charge in [-0.1, -0.05) is 37.1 Å². The molecular weight excluding hydrogens is 240 g/mol.